The fraction of sp³-hybridized carbons (Fsp3) is 0.444. The van der Waals surface area contributed by atoms with Crippen molar-refractivity contribution in [3.05, 3.63) is 17.8 Å². The fourth-order valence-corrected chi connectivity index (χ4v) is 0.982. The molecule has 1 rings (SSSR count). The van der Waals surface area contributed by atoms with Gasteiger partial charge in [0.05, 0.1) is 6.61 Å². The Bertz CT molecular complexity index is 325. The number of aromatic nitrogens is 2. The highest BCUT2D eigenvalue weighted by Gasteiger charge is 2.12. The van der Waals surface area contributed by atoms with Gasteiger partial charge in [-0.15, -0.1) is 10.2 Å². The number of nitrogen functional groups attached to an aromatic ring is 1. The van der Waals surface area contributed by atoms with Gasteiger partial charge in [0.15, 0.2) is 5.69 Å². The predicted molar refractivity (Wildman–Crippen MR) is 55.3 cm³/mol. The highest BCUT2D eigenvalue weighted by molar-refractivity contribution is 5.92. The summed E-state index contributed by atoms with van der Waals surface area (Å²) in [5.41, 5.74) is 5.64. The zero-order chi connectivity index (χ0) is 11.3. The molecular formula is C9H14N4O2. The van der Waals surface area contributed by atoms with Crippen LogP contribution in [0.2, 0.25) is 0 Å². The molecule has 82 valence electrons. The molecule has 0 saturated heterocycles. The van der Waals surface area contributed by atoms with Gasteiger partial charge in [-0.05, 0) is 12.1 Å². The van der Waals surface area contributed by atoms with Crippen molar-refractivity contribution in [2.45, 2.75) is 0 Å². The Hall–Kier alpha value is -1.69. The first kappa shape index (κ1) is 11.4. The van der Waals surface area contributed by atoms with Crippen LogP contribution in [0.3, 0.4) is 0 Å². The van der Waals surface area contributed by atoms with Crippen LogP contribution >= 0.6 is 0 Å². The largest absolute Gasteiger partial charge is 0.383 e. The molecule has 0 radical (unpaired) electrons. The number of nitrogens with two attached hydrogens (primary N) is 1. The van der Waals surface area contributed by atoms with E-state index in [2.05, 4.69) is 10.2 Å². The molecule has 2 N–H and O–H groups in total. The third kappa shape index (κ3) is 3.17. The number of likely N-dealkylation sites (N-methyl/N-ethyl adjacent to an activating group) is 1. The van der Waals surface area contributed by atoms with Crippen molar-refractivity contribution in [2.75, 3.05) is 33.0 Å². The molecule has 1 heterocycles. The van der Waals surface area contributed by atoms with Crippen LogP contribution < -0.4 is 5.73 Å². The predicted octanol–water partition coefficient (Wildman–Crippen LogP) is -0.223. The van der Waals surface area contributed by atoms with Crippen molar-refractivity contribution in [2.24, 2.45) is 0 Å². The zero-order valence-corrected chi connectivity index (χ0v) is 8.80. The summed E-state index contributed by atoms with van der Waals surface area (Å²) in [5.74, 6) is 0.102. The van der Waals surface area contributed by atoms with Gasteiger partial charge >= 0.3 is 0 Å². The Balaban J connectivity index is 2.63. The maximum absolute atomic E-state index is 11.7. The average Bonchev–Trinajstić information content (AvgIpc) is 2.26. The molecule has 0 atom stereocenters. The third-order valence-electron chi connectivity index (χ3n) is 1.88. The number of carbonyl (C=O) groups excluding carboxylic acids is 1. The monoisotopic (exact) mass is 210 g/mol. The fourth-order valence-electron chi connectivity index (χ4n) is 0.982. The summed E-state index contributed by atoms with van der Waals surface area (Å²) >= 11 is 0. The molecule has 1 amide bonds. The average molecular weight is 210 g/mol. The van der Waals surface area contributed by atoms with E-state index in [1.54, 1.807) is 26.3 Å². The number of carbonyl (C=O) groups is 1. The van der Waals surface area contributed by atoms with Gasteiger partial charge in [0.2, 0.25) is 0 Å². The van der Waals surface area contributed by atoms with Crippen molar-refractivity contribution >= 4 is 11.7 Å². The number of amides is 1. The van der Waals surface area contributed by atoms with Crippen molar-refractivity contribution < 1.29 is 9.53 Å². The van der Waals surface area contributed by atoms with Crippen LogP contribution in [0.15, 0.2) is 12.1 Å². The Morgan fingerprint density at radius 2 is 2.27 bits per heavy atom. The lowest BCUT2D eigenvalue weighted by atomic mass is 10.3. The van der Waals surface area contributed by atoms with E-state index in [1.165, 1.54) is 4.90 Å². The summed E-state index contributed by atoms with van der Waals surface area (Å²) in [4.78, 5) is 13.2. The van der Waals surface area contributed by atoms with Crippen molar-refractivity contribution in [3.8, 4) is 0 Å². The minimum atomic E-state index is -0.195. The van der Waals surface area contributed by atoms with E-state index in [-0.39, 0.29) is 11.6 Å². The van der Waals surface area contributed by atoms with Crippen molar-refractivity contribution in [1.82, 2.24) is 15.1 Å². The van der Waals surface area contributed by atoms with E-state index in [0.29, 0.717) is 19.0 Å². The minimum absolute atomic E-state index is 0.195. The molecule has 0 saturated carbocycles. The molecule has 0 aliphatic rings. The maximum atomic E-state index is 11.7. The SMILES string of the molecule is COCCN(C)C(=O)c1ccc(N)nn1. The van der Waals surface area contributed by atoms with Crippen molar-refractivity contribution in [3.63, 3.8) is 0 Å². The van der Waals surface area contributed by atoms with E-state index in [9.17, 15) is 4.79 Å². The quantitative estimate of drug-likeness (QED) is 0.742. The standard InChI is InChI=1S/C9H14N4O2/c1-13(5-6-15-2)9(14)7-3-4-8(10)12-11-7/h3-4H,5-6H2,1-2H3,(H2,10,12). The number of hydrogen-bond acceptors (Lipinski definition) is 5. The number of hydrogen-bond donors (Lipinski definition) is 1. The molecule has 6 heteroatoms. The van der Waals surface area contributed by atoms with Gasteiger partial charge in [0.1, 0.15) is 5.82 Å². The van der Waals surface area contributed by atoms with Gasteiger partial charge in [-0.25, -0.2) is 0 Å². The smallest absolute Gasteiger partial charge is 0.274 e. The molecule has 0 aromatic carbocycles. The topological polar surface area (TPSA) is 81.3 Å². The lowest BCUT2D eigenvalue weighted by Gasteiger charge is -2.15. The molecule has 15 heavy (non-hydrogen) atoms. The lowest BCUT2D eigenvalue weighted by molar-refractivity contribution is 0.0737. The van der Waals surface area contributed by atoms with E-state index in [1.807, 2.05) is 0 Å². The first-order chi connectivity index (χ1) is 7.15. The molecule has 0 aliphatic heterocycles. The highest BCUT2D eigenvalue weighted by atomic mass is 16.5. The summed E-state index contributed by atoms with van der Waals surface area (Å²) in [6.45, 7) is 1.01. The van der Waals surface area contributed by atoms with Gasteiger partial charge in [0, 0.05) is 20.7 Å². The van der Waals surface area contributed by atoms with Gasteiger partial charge in [-0.3, -0.25) is 4.79 Å². The van der Waals surface area contributed by atoms with Crippen LogP contribution in [-0.4, -0.2) is 48.3 Å². The van der Waals surface area contributed by atoms with Crippen LogP contribution in [0.4, 0.5) is 5.82 Å². The van der Waals surface area contributed by atoms with Crippen LogP contribution in [-0.2, 0) is 4.74 Å². The van der Waals surface area contributed by atoms with E-state index >= 15 is 0 Å². The lowest BCUT2D eigenvalue weighted by Crippen LogP contribution is -2.30. The second kappa shape index (κ2) is 5.26. The summed E-state index contributed by atoms with van der Waals surface area (Å²) in [7, 11) is 3.26. The third-order valence-corrected chi connectivity index (χ3v) is 1.88. The Morgan fingerprint density at radius 3 is 2.80 bits per heavy atom. The first-order valence-electron chi connectivity index (χ1n) is 4.48. The minimum Gasteiger partial charge on any atom is -0.383 e. The summed E-state index contributed by atoms with van der Waals surface area (Å²) in [6.07, 6.45) is 0. The van der Waals surface area contributed by atoms with E-state index in [0.717, 1.165) is 0 Å². The normalized spacial score (nSPS) is 10.0. The number of ether oxygens (including phenoxy) is 1. The second-order valence-corrected chi connectivity index (χ2v) is 3.06. The van der Waals surface area contributed by atoms with Crippen LogP contribution in [0.5, 0.6) is 0 Å². The summed E-state index contributed by atoms with van der Waals surface area (Å²) in [5, 5.41) is 7.31. The zero-order valence-electron chi connectivity index (χ0n) is 8.80. The molecule has 0 spiro atoms. The number of anilines is 1. The molecular weight excluding hydrogens is 196 g/mol. The van der Waals surface area contributed by atoms with Crippen LogP contribution in [0.1, 0.15) is 10.5 Å². The molecule has 0 fully saturated rings. The molecule has 6 nitrogen and oxygen atoms in total. The van der Waals surface area contributed by atoms with Gasteiger partial charge in [-0.1, -0.05) is 0 Å². The van der Waals surface area contributed by atoms with E-state index in [4.69, 9.17) is 10.5 Å². The Morgan fingerprint density at radius 1 is 1.53 bits per heavy atom. The van der Waals surface area contributed by atoms with Gasteiger partial charge in [-0.2, -0.15) is 0 Å². The molecule has 1 aromatic rings. The van der Waals surface area contributed by atoms with Gasteiger partial charge < -0.3 is 15.4 Å². The Kier molecular flexibility index (Phi) is 3.99. The maximum Gasteiger partial charge on any atom is 0.274 e. The molecule has 0 aliphatic carbocycles. The summed E-state index contributed by atoms with van der Waals surface area (Å²) < 4.78 is 4.87. The molecule has 0 bridgehead atoms. The second-order valence-electron chi connectivity index (χ2n) is 3.06. The van der Waals surface area contributed by atoms with Crippen molar-refractivity contribution in [1.29, 1.82) is 0 Å². The molecule has 1 aromatic heterocycles. The number of methoxy groups -OCH3 is 1. The van der Waals surface area contributed by atoms with E-state index < -0.39 is 0 Å². The van der Waals surface area contributed by atoms with Crippen LogP contribution in [0, 0.1) is 0 Å². The summed E-state index contributed by atoms with van der Waals surface area (Å²) in [6, 6.07) is 3.10. The Labute approximate surface area is 88.0 Å². The first-order valence-corrected chi connectivity index (χ1v) is 4.48. The number of rotatable bonds is 4. The highest BCUT2D eigenvalue weighted by Crippen LogP contribution is 2.00. The van der Waals surface area contributed by atoms with Crippen LogP contribution in [0.25, 0.3) is 0 Å². The number of nitrogens with zero attached hydrogens (tertiary/aromatic N) is 3. The molecule has 0 unspecified atom stereocenters. The van der Waals surface area contributed by atoms with Gasteiger partial charge in [0.25, 0.3) is 5.91 Å².